The smallest absolute Gasteiger partial charge is 0.225 e. The van der Waals surface area contributed by atoms with Crippen LogP contribution in [0.2, 0.25) is 0 Å². The van der Waals surface area contributed by atoms with E-state index in [1.807, 2.05) is 30.3 Å². The number of halogens is 2. The molecule has 192 valence electrons. The summed E-state index contributed by atoms with van der Waals surface area (Å²) in [4.78, 5) is 21.9. The fourth-order valence-corrected chi connectivity index (χ4v) is 4.94. The third-order valence-corrected chi connectivity index (χ3v) is 6.78. The Hall–Kier alpha value is -4.21. The second-order valence-electron chi connectivity index (χ2n) is 8.90. The van der Waals surface area contributed by atoms with E-state index in [9.17, 15) is 18.7 Å². The number of benzene rings is 3. The summed E-state index contributed by atoms with van der Waals surface area (Å²) in [6.07, 6.45) is 3.49. The van der Waals surface area contributed by atoms with Crippen molar-refractivity contribution in [2.75, 3.05) is 0 Å². The Labute approximate surface area is 222 Å². The summed E-state index contributed by atoms with van der Waals surface area (Å²) >= 11 is 1.12. The van der Waals surface area contributed by atoms with Crippen molar-refractivity contribution in [3.05, 3.63) is 114 Å². The highest BCUT2D eigenvalue weighted by Crippen LogP contribution is 2.31. The molecular weight excluding hydrogens is 506 g/mol. The number of nitrogens with zero attached hydrogens (tertiary/aromatic N) is 1. The maximum absolute atomic E-state index is 14.0. The van der Waals surface area contributed by atoms with Gasteiger partial charge in [0.05, 0.1) is 18.2 Å². The van der Waals surface area contributed by atoms with Crippen molar-refractivity contribution < 1.29 is 18.7 Å². The number of fused-ring (bicyclic) bond motifs is 1. The van der Waals surface area contributed by atoms with Gasteiger partial charge in [-0.05, 0) is 83.6 Å². The monoisotopic (exact) mass is 530 g/mol. The first-order valence-corrected chi connectivity index (χ1v) is 12.7. The van der Waals surface area contributed by atoms with E-state index >= 15 is 0 Å². The summed E-state index contributed by atoms with van der Waals surface area (Å²) in [5, 5.41) is 19.4. The zero-order valence-corrected chi connectivity index (χ0v) is 20.9. The van der Waals surface area contributed by atoms with Gasteiger partial charge in [-0.3, -0.25) is 14.9 Å². The fourth-order valence-electron chi connectivity index (χ4n) is 4.59. The third-order valence-electron chi connectivity index (χ3n) is 6.25. The molecule has 5 N–H and O–H groups in total. The van der Waals surface area contributed by atoms with Gasteiger partial charge in [0.15, 0.2) is 0 Å². The van der Waals surface area contributed by atoms with Gasteiger partial charge in [0.1, 0.15) is 17.4 Å². The average molecular weight is 531 g/mol. The maximum atomic E-state index is 14.0. The molecule has 0 saturated heterocycles. The van der Waals surface area contributed by atoms with E-state index in [1.54, 1.807) is 36.7 Å². The molecule has 3 aromatic carbocycles. The zero-order chi connectivity index (χ0) is 26.6. The van der Waals surface area contributed by atoms with Gasteiger partial charge in [-0.2, -0.15) is 0 Å². The molecule has 0 bridgehead atoms. The van der Waals surface area contributed by atoms with Crippen molar-refractivity contribution in [1.82, 2.24) is 15.3 Å². The summed E-state index contributed by atoms with van der Waals surface area (Å²) in [7, 11) is 0. The number of hydrogen-bond donors (Lipinski definition) is 4. The highest BCUT2D eigenvalue weighted by molar-refractivity contribution is 7.97. The van der Waals surface area contributed by atoms with Gasteiger partial charge in [0, 0.05) is 39.8 Å². The number of aromatic nitrogens is 2. The minimum atomic E-state index is -0.697. The van der Waals surface area contributed by atoms with Crippen LogP contribution in [0.15, 0.2) is 90.1 Å². The number of nitrogens with two attached hydrogens (primary N) is 1. The molecule has 1 unspecified atom stereocenters. The molecule has 2 heterocycles. The predicted octanol–water partition coefficient (Wildman–Crippen LogP) is 5.82. The lowest BCUT2D eigenvalue weighted by Gasteiger charge is -2.22. The fraction of sp³-hybridized carbons (Fsp3) is 0.103. The van der Waals surface area contributed by atoms with Crippen molar-refractivity contribution in [1.29, 1.82) is 0 Å². The van der Waals surface area contributed by atoms with Crippen LogP contribution in [-0.2, 0) is 17.6 Å². The first-order valence-electron chi connectivity index (χ1n) is 11.8. The van der Waals surface area contributed by atoms with E-state index < -0.39 is 17.7 Å². The highest BCUT2D eigenvalue weighted by Gasteiger charge is 2.22. The number of amides is 1. The lowest BCUT2D eigenvalue weighted by molar-refractivity contribution is -0.121. The molecule has 0 radical (unpaired) electrons. The van der Waals surface area contributed by atoms with Gasteiger partial charge in [0.25, 0.3) is 0 Å². The van der Waals surface area contributed by atoms with E-state index in [0.717, 1.165) is 44.9 Å². The molecule has 0 aliphatic heterocycles. The number of phenolic OH excluding ortho intramolecular Hbond substituents is 1. The summed E-state index contributed by atoms with van der Waals surface area (Å²) in [5.41, 5.74) is 4.05. The number of nitrogens with one attached hydrogen (secondary N) is 2. The molecular formula is C29H24F2N4O2S. The van der Waals surface area contributed by atoms with E-state index in [4.69, 9.17) is 5.14 Å². The standard InChI is InChI=1S/C29H24F2N4O2S/c30-20-9-17(10-21(31)14-20)11-27(29-24(5-2-8-33-29)18-3-1-4-23(12-18)38-32)35-28(37)13-19-16-34-26-7-6-22(36)15-25(19)26/h1-10,12,14-16,27,34,36H,11,13,32H2,(H,35,37). The molecule has 5 aromatic rings. The Kier molecular flexibility index (Phi) is 7.39. The first-order chi connectivity index (χ1) is 18.4. The van der Waals surface area contributed by atoms with Crippen LogP contribution < -0.4 is 10.5 Å². The minimum Gasteiger partial charge on any atom is -0.508 e. The number of aromatic hydroxyl groups is 1. The largest absolute Gasteiger partial charge is 0.508 e. The maximum Gasteiger partial charge on any atom is 0.225 e. The molecule has 5 rings (SSSR count). The van der Waals surface area contributed by atoms with Crippen LogP contribution in [0, 0.1) is 11.6 Å². The van der Waals surface area contributed by atoms with Gasteiger partial charge in [0.2, 0.25) is 5.91 Å². The Morgan fingerprint density at radius 2 is 1.87 bits per heavy atom. The van der Waals surface area contributed by atoms with Gasteiger partial charge in [-0.1, -0.05) is 18.2 Å². The van der Waals surface area contributed by atoms with Crippen LogP contribution in [0.4, 0.5) is 8.78 Å². The molecule has 0 saturated carbocycles. The van der Waals surface area contributed by atoms with Crippen LogP contribution in [0.3, 0.4) is 0 Å². The number of hydrogen-bond acceptors (Lipinski definition) is 5. The van der Waals surface area contributed by atoms with E-state index in [-0.39, 0.29) is 24.5 Å². The molecule has 6 nitrogen and oxygen atoms in total. The van der Waals surface area contributed by atoms with Gasteiger partial charge in [-0.25, -0.2) is 8.78 Å². The molecule has 0 aliphatic carbocycles. The first kappa shape index (κ1) is 25.4. The van der Waals surface area contributed by atoms with Gasteiger partial charge >= 0.3 is 0 Å². The van der Waals surface area contributed by atoms with Crippen molar-refractivity contribution in [3.63, 3.8) is 0 Å². The minimum absolute atomic E-state index is 0.0267. The van der Waals surface area contributed by atoms with Crippen molar-refractivity contribution in [2.45, 2.75) is 23.8 Å². The van der Waals surface area contributed by atoms with E-state index in [1.165, 1.54) is 12.1 Å². The third kappa shape index (κ3) is 5.69. The number of carbonyl (C=O) groups is 1. The zero-order valence-electron chi connectivity index (χ0n) is 20.1. The number of H-pyrrole nitrogens is 1. The number of rotatable bonds is 8. The van der Waals surface area contributed by atoms with Gasteiger partial charge < -0.3 is 15.4 Å². The Bertz CT molecular complexity index is 1600. The summed E-state index contributed by atoms with van der Waals surface area (Å²) in [6.45, 7) is 0. The van der Waals surface area contributed by atoms with E-state index in [2.05, 4.69) is 15.3 Å². The van der Waals surface area contributed by atoms with Crippen molar-refractivity contribution >= 4 is 28.8 Å². The Morgan fingerprint density at radius 1 is 1.05 bits per heavy atom. The molecule has 0 spiro atoms. The summed E-state index contributed by atoms with van der Waals surface area (Å²) < 4.78 is 28.0. The Balaban J connectivity index is 1.50. The molecule has 1 atom stereocenters. The van der Waals surface area contributed by atoms with Crippen molar-refractivity contribution in [3.8, 4) is 16.9 Å². The molecule has 1 amide bonds. The van der Waals surface area contributed by atoms with E-state index in [0.29, 0.717) is 16.8 Å². The second-order valence-corrected chi connectivity index (χ2v) is 9.61. The summed E-state index contributed by atoms with van der Waals surface area (Å²) in [5.74, 6) is -1.60. The van der Waals surface area contributed by atoms with Crippen LogP contribution in [-0.4, -0.2) is 21.0 Å². The van der Waals surface area contributed by atoms with Crippen LogP contribution >= 0.6 is 11.9 Å². The molecule has 9 heteroatoms. The molecule has 2 aromatic heterocycles. The molecule has 0 fully saturated rings. The lowest BCUT2D eigenvalue weighted by atomic mass is 9.95. The number of carbonyl (C=O) groups excluding carboxylic acids is 1. The number of aromatic amines is 1. The van der Waals surface area contributed by atoms with Crippen LogP contribution in [0.5, 0.6) is 5.75 Å². The normalized spacial score (nSPS) is 12.0. The topological polar surface area (TPSA) is 104 Å². The Morgan fingerprint density at radius 3 is 2.66 bits per heavy atom. The quantitative estimate of drug-likeness (QED) is 0.189. The highest BCUT2D eigenvalue weighted by atomic mass is 32.2. The van der Waals surface area contributed by atoms with Crippen LogP contribution in [0.25, 0.3) is 22.0 Å². The number of pyridine rings is 1. The second kappa shape index (κ2) is 11.0. The van der Waals surface area contributed by atoms with Crippen molar-refractivity contribution in [2.24, 2.45) is 5.14 Å². The van der Waals surface area contributed by atoms with Gasteiger partial charge in [-0.15, -0.1) is 0 Å². The predicted molar refractivity (Wildman–Crippen MR) is 144 cm³/mol. The summed E-state index contributed by atoms with van der Waals surface area (Å²) in [6, 6.07) is 18.8. The lowest BCUT2D eigenvalue weighted by Crippen LogP contribution is -2.32. The SMILES string of the molecule is NSc1cccc(-c2cccnc2C(Cc2cc(F)cc(F)c2)NC(=O)Cc2c[nH]c3ccc(O)cc23)c1. The van der Waals surface area contributed by atoms with Crippen LogP contribution in [0.1, 0.15) is 22.9 Å². The average Bonchev–Trinajstić information content (AvgIpc) is 3.29. The number of phenols is 1. The molecule has 38 heavy (non-hydrogen) atoms. The molecule has 0 aliphatic rings.